The smallest absolute Gasteiger partial charge is 0.247 e. The van der Waals surface area contributed by atoms with E-state index in [0.29, 0.717) is 16.5 Å². The first kappa shape index (κ1) is 28.7. The second-order valence-electron chi connectivity index (χ2n) is 10.5. The molecule has 0 saturated carbocycles. The third kappa shape index (κ3) is 7.65. The van der Waals surface area contributed by atoms with E-state index in [1.807, 2.05) is 60.7 Å². The third-order valence-corrected chi connectivity index (χ3v) is 7.83. The maximum absolute atomic E-state index is 13.6. The molecule has 0 aliphatic carbocycles. The molecule has 3 N–H and O–H groups in total. The van der Waals surface area contributed by atoms with Gasteiger partial charge >= 0.3 is 0 Å². The molecular weight excluding hydrogens is 522 g/mol. The van der Waals surface area contributed by atoms with Gasteiger partial charge in [0.1, 0.15) is 6.04 Å². The van der Waals surface area contributed by atoms with Crippen molar-refractivity contribution in [2.24, 2.45) is 0 Å². The number of rotatable bonds is 9. The number of anilines is 1. The van der Waals surface area contributed by atoms with Gasteiger partial charge in [0.05, 0.1) is 4.90 Å². The number of hydrogen-bond donors (Lipinski definition) is 3. The summed E-state index contributed by atoms with van der Waals surface area (Å²) < 4.78 is 29.0. The number of nitrogens with one attached hydrogen (secondary N) is 3. The fraction of sp³-hybridized carbons (Fsp3) is 0.188. The van der Waals surface area contributed by atoms with Gasteiger partial charge in [-0.25, -0.2) is 13.1 Å². The second kappa shape index (κ2) is 12.3. The second-order valence-corrected chi connectivity index (χ2v) is 12.1. The Hall–Kier alpha value is -4.27. The molecule has 0 saturated heterocycles. The highest BCUT2D eigenvalue weighted by Crippen LogP contribution is 2.29. The lowest BCUT2D eigenvalue weighted by molar-refractivity contribution is -0.123. The van der Waals surface area contributed by atoms with E-state index < -0.39 is 33.4 Å². The van der Waals surface area contributed by atoms with Crippen molar-refractivity contribution in [3.8, 4) is 0 Å². The van der Waals surface area contributed by atoms with Crippen molar-refractivity contribution in [3.05, 3.63) is 114 Å². The molecule has 4 rings (SSSR count). The first-order valence-electron chi connectivity index (χ1n) is 13.0. The summed E-state index contributed by atoms with van der Waals surface area (Å²) in [5.41, 5.74) is 1.53. The quantitative estimate of drug-likeness (QED) is 0.244. The predicted molar refractivity (Wildman–Crippen MR) is 160 cm³/mol. The van der Waals surface area contributed by atoms with E-state index in [9.17, 15) is 18.0 Å². The zero-order valence-corrected chi connectivity index (χ0v) is 23.5. The molecule has 206 valence electrons. The van der Waals surface area contributed by atoms with E-state index in [1.165, 1.54) is 6.08 Å². The van der Waals surface area contributed by atoms with Crippen LogP contribution in [0.2, 0.25) is 0 Å². The van der Waals surface area contributed by atoms with E-state index in [-0.39, 0.29) is 11.3 Å². The summed E-state index contributed by atoms with van der Waals surface area (Å²) in [6.07, 6.45) is 3.36. The maximum atomic E-state index is 13.6. The molecule has 0 aliphatic rings. The fourth-order valence-corrected chi connectivity index (χ4v) is 5.96. The largest absolute Gasteiger partial charge is 0.340 e. The van der Waals surface area contributed by atoms with E-state index >= 15 is 0 Å². The minimum absolute atomic E-state index is 0.121. The molecule has 8 heteroatoms. The SMILES string of the molecule is CC(C)(C)NS(=O)(=O)c1cccc2c(NC(=O)[C@H](Cc3ccccc3)NC(=O)C=Cc3ccccc3)cccc12. The van der Waals surface area contributed by atoms with Gasteiger partial charge in [0, 0.05) is 34.5 Å². The molecule has 40 heavy (non-hydrogen) atoms. The third-order valence-electron chi connectivity index (χ3n) is 6.01. The van der Waals surface area contributed by atoms with Gasteiger partial charge in [0.2, 0.25) is 21.8 Å². The first-order valence-corrected chi connectivity index (χ1v) is 14.4. The zero-order chi connectivity index (χ0) is 28.8. The lowest BCUT2D eigenvalue weighted by atomic mass is 10.0. The van der Waals surface area contributed by atoms with Crippen LogP contribution in [0.1, 0.15) is 31.9 Å². The van der Waals surface area contributed by atoms with Crippen LogP contribution in [-0.4, -0.2) is 31.8 Å². The van der Waals surface area contributed by atoms with Crippen molar-refractivity contribution in [2.45, 2.75) is 43.7 Å². The highest BCUT2D eigenvalue weighted by atomic mass is 32.2. The van der Waals surface area contributed by atoms with Crippen molar-refractivity contribution in [1.29, 1.82) is 0 Å². The number of hydrogen-bond acceptors (Lipinski definition) is 4. The molecule has 7 nitrogen and oxygen atoms in total. The normalized spacial score (nSPS) is 12.8. The molecule has 0 spiro atoms. The molecule has 0 unspecified atom stereocenters. The van der Waals surface area contributed by atoms with Crippen molar-refractivity contribution in [2.75, 3.05) is 5.32 Å². The average Bonchev–Trinajstić information content (AvgIpc) is 2.91. The van der Waals surface area contributed by atoms with Crippen molar-refractivity contribution in [1.82, 2.24) is 10.0 Å². The van der Waals surface area contributed by atoms with Crippen LogP contribution in [0.4, 0.5) is 5.69 Å². The van der Waals surface area contributed by atoms with Gasteiger partial charge in [0.25, 0.3) is 0 Å². The van der Waals surface area contributed by atoms with Gasteiger partial charge in [-0.3, -0.25) is 9.59 Å². The number of carbonyl (C=O) groups is 2. The van der Waals surface area contributed by atoms with Crippen LogP contribution in [0.25, 0.3) is 16.8 Å². The van der Waals surface area contributed by atoms with Crippen LogP contribution in [0.5, 0.6) is 0 Å². The standard InChI is InChI=1S/C32H33N3O4S/c1-32(2,3)35-40(38,39)29-19-11-16-25-26(29)17-10-18-27(25)34-31(37)28(22-24-14-8-5-9-15-24)33-30(36)21-20-23-12-6-4-7-13-23/h4-21,28,35H,22H2,1-3H3,(H,33,36)(H,34,37)/t28-/m0/s1. The van der Waals surface area contributed by atoms with Gasteiger partial charge in [-0.2, -0.15) is 0 Å². The molecule has 0 aliphatic heterocycles. The summed E-state index contributed by atoms with van der Waals surface area (Å²) in [5, 5.41) is 6.79. The molecule has 1 atom stereocenters. The van der Waals surface area contributed by atoms with Crippen LogP contribution in [-0.2, 0) is 26.0 Å². The lowest BCUT2D eigenvalue weighted by Crippen LogP contribution is -2.44. The highest BCUT2D eigenvalue weighted by Gasteiger charge is 2.25. The average molecular weight is 556 g/mol. The maximum Gasteiger partial charge on any atom is 0.247 e. The number of sulfonamides is 1. The van der Waals surface area contributed by atoms with Crippen LogP contribution in [0, 0.1) is 0 Å². The Kier molecular flexibility index (Phi) is 8.82. The van der Waals surface area contributed by atoms with Crippen molar-refractivity contribution >= 4 is 44.4 Å². The number of amides is 2. The van der Waals surface area contributed by atoms with Gasteiger partial charge in [0.15, 0.2) is 0 Å². The summed E-state index contributed by atoms with van der Waals surface area (Å²) in [6.45, 7) is 5.33. The van der Waals surface area contributed by atoms with Crippen LogP contribution < -0.4 is 15.4 Å². The molecule has 4 aromatic carbocycles. The van der Waals surface area contributed by atoms with E-state index in [2.05, 4.69) is 15.4 Å². The molecule has 0 fully saturated rings. The highest BCUT2D eigenvalue weighted by molar-refractivity contribution is 7.89. The molecule has 0 heterocycles. The molecule has 0 bridgehead atoms. The van der Waals surface area contributed by atoms with Crippen LogP contribution in [0.15, 0.2) is 108 Å². The Labute approximate surface area is 235 Å². The van der Waals surface area contributed by atoms with Crippen molar-refractivity contribution in [3.63, 3.8) is 0 Å². The summed E-state index contributed by atoms with van der Waals surface area (Å²) in [6, 6.07) is 28.0. The van der Waals surface area contributed by atoms with E-state index in [1.54, 1.807) is 63.2 Å². The van der Waals surface area contributed by atoms with Gasteiger partial charge < -0.3 is 10.6 Å². The summed E-state index contributed by atoms with van der Waals surface area (Å²) in [4.78, 5) is 26.5. The lowest BCUT2D eigenvalue weighted by Gasteiger charge is -2.22. The van der Waals surface area contributed by atoms with E-state index in [0.717, 1.165) is 11.1 Å². The first-order chi connectivity index (χ1) is 19.0. The molecular formula is C32H33N3O4S. The van der Waals surface area contributed by atoms with Gasteiger partial charge in [-0.05, 0) is 50.1 Å². The predicted octanol–water partition coefficient (Wildman–Crippen LogP) is 5.30. The number of fused-ring (bicyclic) bond motifs is 1. The van der Waals surface area contributed by atoms with Crippen molar-refractivity contribution < 1.29 is 18.0 Å². The number of carbonyl (C=O) groups excluding carboxylic acids is 2. The Balaban J connectivity index is 1.61. The monoisotopic (exact) mass is 555 g/mol. The minimum Gasteiger partial charge on any atom is -0.340 e. The topological polar surface area (TPSA) is 104 Å². The molecule has 4 aromatic rings. The van der Waals surface area contributed by atoms with Gasteiger partial charge in [-0.15, -0.1) is 0 Å². The Morgan fingerprint density at radius 3 is 2.10 bits per heavy atom. The Bertz CT molecular complexity index is 1630. The van der Waals surface area contributed by atoms with Crippen LogP contribution in [0.3, 0.4) is 0 Å². The van der Waals surface area contributed by atoms with Gasteiger partial charge in [-0.1, -0.05) is 84.9 Å². The molecule has 0 radical (unpaired) electrons. The number of benzene rings is 4. The van der Waals surface area contributed by atoms with Crippen LogP contribution >= 0.6 is 0 Å². The zero-order valence-electron chi connectivity index (χ0n) is 22.7. The minimum atomic E-state index is -3.82. The Morgan fingerprint density at radius 1 is 0.800 bits per heavy atom. The summed E-state index contributed by atoms with van der Waals surface area (Å²) in [5.74, 6) is -0.821. The molecule has 0 aromatic heterocycles. The fourth-order valence-electron chi connectivity index (χ4n) is 4.32. The Morgan fingerprint density at radius 2 is 1.43 bits per heavy atom. The molecule has 2 amide bonds. The van der Waals surface area contributed by atoms with E-state index in [4.69, 9.17) is 0 Å². The summed E-state index contributed by atoms with van der Waals surface area (Å²) in [7, 11) is -3.82. The summed E-state index contributed by atoms with van der Waals surface area (Å²) >= 11 is 0.